The van der Waals surface area contributed by atoms with Crippen LogP contribution in [0.2, 0.25) is 0 Å². The molecular weight excluding hydrogens is 339 g/mol. The molecule has 0 aliphatic heterocycles. The Balaban J connectivity index is 2.05. The fourth-order valence-electron chi connectivity index (χ4n) is 1.53. The van der Waals surface area contributed by atoms with Gasteiger partial charge in [-0.3, -0.25) is 9.79 Å². The molecule has 2 N–H and O–H groups in total. The monoisotopic (exact) mass is 350 g/mol. The molecule has 0 heterocycles. The molecular formula is C15H12BrFN2O2. The Labute approximate surface area is 129 Å². The van der Waals surface area contributed by atoms with E-state index in [-0.39, 0.29) is 12.3 Å². The maximum absolute atomic E-state index is 13.6. The highest BCUT2D eigenvalue weighted by Gasteiger charge is 2.00. The highest BCUT2D eigenvalue weighted by Crippen LogP contribution is 2.22. The fourth-order valence-corrected chi connectivity index (χ4v) is 1.87. The van der Waals surface area contributed by atoms with Gasteiger partial charge in [0.15, 0.2) is 6.61 Å². The Hall–Kier alpha value is -2.21. The number of aliphatic imine (C=N–C) groups is 1. The molecule has 1 amide bonds. The molecule has 0 aromatic heterocycles. The molecule has 2 rings (SSSR count). The predicted octanol–water partition coefficient (Wildman–Crippen LogP) is 3.20. The molecule has 0 bridgehead atoms. The molecule has 2 aromatic carbocycles. The van der Waals surface area contributed by atoms with Crippen LogP contribution in [0.15, 0.2) is 51.9 Å². The van der Waals surface area contributed by atoms with Gasteiger partial charge >= 0.3 is 0 Å². The predicted molar refractivity (Wildman–Crippen MR) is 82.5 cm³/mol. The number of benzene rings is 2. The molecule has 0 saturated heterocycles. The molecule has 0 atom stereocenters. The zero-order valence-corrected chi connectivity index (χ0v) is 12.5. The lowest BCUT2D eigenvalue weighted by molar-refractivity contribution is -0.119. The maximum Gasteiger partial charge on any atom is 0.255 e. The lowest BCUT2D eigenvalue weighted by atomic mass is 10.2. The number of hydrogen-bond acceptors (Lipinski definition) is 3. The van der Waals surface area contributed by atoms with Gasteiger partial charge in [-0.2, -0.15) is 0 Å². The summed E-state index contributed by atoms with van der Waals surface area (Å²) in [6.07, 6.45) is 1.55. The number of hydrogen-bond donors (Lipinski definition) is 1. The minimum absolute atomic E-state index is 0.169. The molecule has 0 radical (unpaired) electrons. The molecule has 0 fully saturated rings. The summed E-state index contributed by atoms with van der Waals surface area (Å²) in [4.78, 5) is 14.7. The van der Waals surface area contributed by atoms with Crippen molar-refractivity contribution in [3.05, 3.63) is 58.3 Å². The Morgan fingerprint density at radius 2 is 2.00 bits per heavy atom. The second kappa shape index (κ2) is 6.99. The van der Waals surface area contributed by atoms with Crippen molar-refractivity contribution >= 4 is 33.7 Å². The van der Waals surface area contributed by atoms with Crippen molar-refractivity contribution in [3.8, 4) is 5.75 Å². The van der Waals surface area contributed by atoms with E-state index in [9.17, 15) is 9.18 Å². The highest BCUT2D eigenvalue weighted by atomic mass is 79.9. The van der Waals surface area contributed by atoms with E-state index in [1.807, 2.05) is 0 Å². The summed E-state index contributed by atoms with van der Waals surface area (Å²) in [5, 5.41) is 0. The van der Waals surface area contributed by atoms with Crippen LogP contribution in [0.1, 0.15) is 5.56 Å². The molecule has 0 aliphatic carbocycles. The van der Waals surface area contributed by atoms with Crippen LogP contribution in [0.25, 0.3) is 0 Å². The van der Waals surface area contributed by atoms with E-state index in [1.54, 1.807) is 42.6 Å². The van der Waals surface area contributed by atoms with Gasteiger partial charge in [0.2, 0.25) is 0 Å². The maximum atomic E-state index is 13.6. The number of amides is 1. The SMILES string of the molecule is NC(=O)COc1ccc(C=Nc2ccc(Br)cc2F)cc1. The van der Waals surface area contributed by atoms with Crippen molar-refractivity contribution in [1.29, 1.82) is 0 Å². The van der Waals surface area contributed by atoms with Crippen LogP contribution in [0.3, 0.4) is 0 Å². The summed E-state index contributed by atoms with van der Waals surface area (Å²) in [7, 11) is 0. The largest absolute Gasteiger partial charge is 0.484 e. The number of nitrogens with zero attached hydrogens (tertiary/aromatic N) is 1. The van der Waals surface area contributed by atoms with E-state index in [1.165, 1.54) is 6.07 Å². The Kier molecular flexibility index (Phi) is 5.05. The first-order valence-corrected chi connectivity index (χ1v) is 6.84. The number of halogens is 2. The van der Waals surface area contributed by atoms with Crippen LogP contribution >= 0.6 is 15.9 Å². The lowest BCUT2D eigenvalue weighted by Gasteiger charge is -2.03. The second-order valence-corrected chi connectivity index (χ2v) is 5.09. The van der Waals surface area contributed by atoms with Gasteiger partial charge in [-0.25, -0.2) is 4.39 Å². The summed E-state index contributed by atoms with van der Waals surface area (Å²) >= 11 is 3.19. The van der Waals surface area contributed by atoms with Gasteiger partial charge < -0.3 is 10.5 Å². The first kappa shape index (κ1) is 15.2. The number of primary amides is 1. The van der Waals surface area contributed by atoms with Crippen molar-refractivity contribution in [2.75, 3.05) is 6.61 Å². The topological polar surface area (TPSA) is 64.7 Å². The third kappa shape index (κ3) is 4.68. The van der Waals surface area contributed by atoms with Crippen molar-refractivity contribution in [3.63, 3.8) is 0 Å². The van der Waals surface area contributed by atoms with Crippen LogP contribution in [-0.2, 0) is 4.79 Å². The average molecular weight is 351 g/mol. The molecule has 108 valence electrons. The summed E-state index contributed by atoms with van der Waals surface area (Å²) in [5.41, 5.74) is 6.02. The zero-order chi connectivity index (χ0) is 15.2. The van der Waals surface area contributed by atoms with E-state index in [0.717, 1.165) is 5.56 Å². The molecule has 0 aliphatic rings. The number of nitrogens with two attached hydrogens (primary N) is 1. The van der Waals surface area contributed by atoms with Crippen molar-refractivity contribution in [2.45, 2.75) is 0 Å². The fraction of sp³-hybridized carbons (Fsp3) is 0.0667. The van der Waals surface area contributed by atoms with Gasteiger partial charge in [-0.05, 0) is 48.0 Å². The third-order valence-corrected chi connectivity index (χ3v) is 3.02. The number of carbonyl (C=O) groups excluding carboxylic acids is 1. The average Bonchev–Trinajstić information content (AvgIpc) is 2.45. The first-order valence-electron chi connectivity index (χ1n) is 6.05. The quantitative estimate of drug-likeness (QED) is 0.841. The van der Waals surface area contributed by atoms with Crippen LogP contribution in [0, 0.1) is 5.82 Å². The Bertz CT molecular complexity index is 672. The van der Waals surface area contributed by atoms with E-state index < -0.39 is 11.7 Å². The van der Waals surface area contributed by atoms with E-state index in [4.69, 9.17) is 10.5 Å². The minimum atomic E-state index is -0.536. The molecule has 0 saturated carbocycles. The molecule has 6 heteroatoms. The van der Waals surface area contributed by atoms with E-state index in [2.05, 4.69) is 20.9 Å². The summed E-state index contributed by atoms with van der Waals surface area (Å²) in [6.45, 7) is -0.169. The van der Waals surface area contributed by atoms with Crippen LogP contribution in [-0.4, -0.2) is 18.7 Å². The number of rotatable bonds is 5. The number of carbonyl (C=O) groups is 1. The van der Waals surface area contributed by atoms with E-state index in [0.29, 0.717) is 10.2 Å². The van der Waals surface area contributed by atoms with Crippen molar-refractivity contribution in [2.24, 2.45) is 10.7 Å². The van der Waals surface area contributed by atoms with Gasteiger partial charge in [0.1, 0.15) is 11.6 Å². The summed E-state index contributed by atoms with van der Waals surface area (Å²) < 4.78 is 19.4. The van der Waals surface area contributed by atoms with Gasteiger partial charge in [0.25, 0.3) is 5.91 Å². The Morgan fingerprint density at radius 1 is 1.29 bits per heavy atom. The van der Waals surface area contributed by atoms with Gasteiger partial charge in [0, 0.05) is 10.7 Å². The zero-order valence-electron chi connectivity index (χ0n) is 10.9. The normalized spacial score (nSPS) is 10.8. The molecule has 0 spiro atoms. The van der Waals surface area contributed by atoms with E-state index >= 15 is 0 Å². The lowest BCUT2D eigenvalue weighted by Crippen LogP contribution is -2.19. The number of ether oxygens (including phenoxy) is 1. The van der Waals surface area contributed by atoms with Gasteiger partial charge in [0.05, 0.1) is 5.69 Å². The summed E-state index contributed by atoms with van der Waals surface area (Å²) in [5.74, 6) is -0.408. The standard InChI is InChI=1S/C15H12BrFN2O2/c16-11-3-6-14(13(17)7-11)19-8-10-1-4-12(5-2-10)21-9-15(18)20/h1-8H,9H2,(H2,18,20). The first-order chi connectivity index (χ1) is 10.0. The van der Waals surface area contributed by atoms with Gasteiger partial charge in [-0.1, -0.05) is 15.9 Å². The second-order valence-electron chi connectivity index (χ2n) is 4.18. The van der Waals surface area contributed by atoms with Crippen molar-refractivity contribution < 1.29 is 13.9 Å². The van der Waals surface area contributed by atoms with Crippen LogP contribution < -0.4 is 10.5 Å². The summed E-state index contributed by atoms with van der Waals surface area (Å²) in [6, 6.07) is 11.5. The molecule has 2 aromatic rings. The Morgan fingerprint density at radius 3 is 2.62 bits per heavy atom. The molecule has 0 unspecified atom stereocenters. The minimum Gasteiger partial charge on any atom is -0.484 e. The van der Waals surface area contributed by atoms with Crippen molar-refractivity contribution in [1.82, 2.24) is 0 Å². The highest BCUT2D eigenvalue weighted by molar-refractivity contribution is 9.10. The van der Waals surface area contributed by atoms with Gasteiger partial charge in [-0.15, -0.1) is 0 Å². The molecule has 21 heavy (non-hydrogen) atoms. The van der Waals surface area contributed by atoms with Crippen LogP contribution in [0.5, 0.6) is 5.75 Å². The van der Waals surface area contributed by atoms with Crippen LogP contribution in [0.4, 0.5) is 10.1 Å². The third-order valence-electron chi connectivity index (χ3n) is 2.52. The molecule has 4 nitrogen and oxygen atoms in total. The smallest absolute Gasteiger partial charge is 0.255 e.